The lowest BCUT2D eigenvalue weighted by Gasteiger charge is -2.03. The minimum Gasteiger partial charge on any atom is -0.192 e. The first-order valence-electron chi connectivity index (χ1n) is 3.61. The van der Waals surface area contributed by atoms with Crippen LogP contribution < -0.4 is 0 Å². The van der Waals surface area contributed by atoms with Gasteiger partial charge in [-0.3, -0.25) is 0 Å². The van der Waals surface area contributed by atoms with Gasteiger partial charge in [-0.15, -0.1) is 0 Å². The Morgan fingerprint density at radius 2 is 1.73 bits per heavy atom. The molecule has 0 radical (unpaired) electrons. The highest BCUT2D eigenvalue weighted by atomic mass is 14.3. The molecule has 0 aromatic carbocycles. The molecule has 0 bridgehead atoms. The van der Waals surface area contributed by atoms with Gasteiger partial charge >= 0.3 is 0 Å². The maximum Gasteiger partial charge on any atom is 0.128 e. The average molecular weight is 148 g/mol. The molecule has 0 fully saturated rings. The first kappa shape index (κ1) is 9.72. The molecule has 2 nitrogen and oxygen atoms in total. The quantitative estimate of drug-likeness (QED) is 0.564. The van der Waals surface area contributed by atoms with Gasteiger partial charge in [0.2, 0.25) is 0 Å². The molecule has 0 aliphatic heterocycles. The largest absolute Gasteiger partial charge is 0.192 e. The lowest BCUT2D eigenvalue weighted by atomic mass is 10.0. The van der Waals surface area contributed by atoms with Crippen molar-refractivity contribution in [2.45, 2.75) is 27.2 Å². The molecule has 0 heterocycles. The van der Waals surface area contributed by atoms with Crippen LogP contribution in [0.3, 0.4) is 0 Å². The summed E-state index contributed by atoms with van der Waals surface area (Å²) in [5, 5.41) is 17.0. The predicted molar refractivity (Wildman–Crippen MR) is 43.4 cm³/mol. The van der Waals surface area contributed by atoms with E-state index in [2.05, 4.69) is 13.8 Å². The van der Waals surface area contributed by atoms with Gasteiger partial charge in [0.05, 0.1) is 0 Å². The molecule has 58 valence electrons. The third-order valence-corrected chi connectivity index (χ3v) is 1.36. The van der Waals surface area contributed by atoms with Crippen LogP contribution in [0.5, 0.6) is 0 Å². The predicted octanol–water partition coefficient (Wildman–Crippen LogP) is 2.40. The summed E-state index contributed by atoms with van der Waals surface area (Å²) in [6, 6.07) is 3.75. The zero-order valence-corrected chi connectivity index (χ0v) is 7.18. The fourth-order valence-corrected chi connectivity index (χ4v) is 0.930. The molecule has 0 saturated carbocycles. The molecule has 0 unspecified atom stereocenters. The van der Waals surface area contributed by atoms with Crippen LogP contribution in [0, 0.1) is 28.6 Å². The van der Waals surface area contributed by atoms with E-state index in [0.717, 1.165) is 12.0 Å². The van der Waals surface area contributed by atoms with Crippen LogP contribution in [-0.2, 0) is 0 Å². The van der Waals surface area contributed by atoms with Gasteiger partial charge in [-0.1, -0.05) is 13.8 Å². The molecule has 0 aliphatic carbocycles. The molecule has 0 spiro atoms. The molecule has 0 amide bonds. The van der Waals surface area contributed by atoms with E-state index in [9.17, 15) is 0 Å². The Hall–Kier alpha value is -1.28. The van der Waals surface area contributed by atoms with Gasteiger partial charge in [-0.2, -0.15) is 10.5 Å². The van der Waals surface area contributed by atoms with Gasteiger partial charge in [0.25, 0.3) is 0 Å². The number of hydrogen-bond donors (Lipinski definition) is 0. The second-order valence-electron chi connectivity index (χ2n) is 2.98. The number of rotatable bonds is 2. The Kier molecular flexibility index (Phi) is 4.00. The van der Waals surface area contributed by atoms with Gasteiger partial charge in [0.1, 0.15) is 17.7 Å². The number of allylic oxidation sites excluding steroid dienone is 2. The lowest BCUT2D eigenvalue weighted by molar-refractivity contribution is 0.641. The Morgan fingerprint density at radius 1 is 1.27 bits per heavy atom. The first-order valence-corrected chi connectivity index (χ1v) is 3.61. The van der Waals surface area contributed by atoms with Gasteiger partial charge in [0, 0.05) is 0 Å². The van der Waals surface area contributed by atoms with Gasteiger partial charge < -0.3 is 0 Å². The van der Waals surface area contributed by atoms with Crippen LogP contribution in [0.2, 0.25) is 0 Å². The van der Waals surface area contributed by atoms with E-state index in [1.54, 1.807) is 0 Å². The van der Waals surface area contributed by atoms with Gasteiger partial charge in [-0.25, -0.2) is 0 Å². The van der Waals surface area contributed by atoms with E-state index in [4.69, 9.17) is 10.5 Å². The smallest absolute Gasteiger partial charge is 0.128 e. The number of nitriles is 2. The topological polar surface area (TPSA) is 47.6 Å². The van der Waals surface area contributed by atoms with Gasteiger partial charge in [-0.05, 0) is 24.8 Å². The highest BCUT2D eigenvalue weighted by Gasteiger charge is 2.02. The molecular weight excluding hydrogens is 136 g/mol. The molecular formula is C9H12N2. The second kappa shape index (κ2) is 4.52. The molecule has 11 heavy (non-hydrogen) atoms. The zero-order valence-electron chi connectivity index (χ0n) is 7.18. The van der Waals surface area contributed by atoms with E-state index in [-0.39, 0.29) is 5.57 Å². The molecule has 0 aromatic rings. The zero-order chi connectivity index (χ0) is 8.85. The summed E-state index contributed by atoms with van der Waals surface area (Å²) in [4.78, 5) is 0. The normalized spacial score (nSPS) is 8.55. The van der Waals surface area contributed by atoms with Crippen molar-refractivity contribution in [2.75, 3.05) is 0 Å². The minimum absolute atomic E-state index is 0.263. The molecule has 0 saturated heterocycles. The van der Waals surface area contributed by atoms with E-state index in [1.807, 2.05) is 19.1 Å². The first-order chi connectivity index (χ1) is 5.11. The number of hydrogen-bond acceptors (Lipinski definition) is 2. The summed E-state index contributed by atoms with van der Waals surface area (Å²) >= 11 is 0. The van der Waals surface area contributed by atoms with Crippen molar-refractivity contribution in [3.63, 3.8) is 0 Å². The van der Waals surface area contributed by atoms with Crippen molar-refractivity contribution in [1.82, 2.24) is 0 Å². The fraction of sp³-hybridized carbons (Fsp3) is 0.556. The Bertz CT molecular complexity index is 219. The summed E-state index contributed by atoms with van der Waals surface area (Å²) in [6.07, 6.45) is 0.830. The molecule has 0 rings (SSSR count). The second-order valence-corrected chi connectivity index (χ2v) is 2.98. The van der Waals surface area contributed by atoms with E-state index < -0.39 is 0 Å². The Labute approximate surface area is 67.8 Å². The van der Waals surface area contributed by atoms with Crippen LogP contribution in [0.15, 0.2) is 11.1 Å². The minimum atomic E-state index is 0.263. The summed E-state index contributed by atoms with van der Waals surface area (Å²) in [5.41, 5.74) is 1.16. The maximum absolute atomic E-state index is 8.48. The van der Waals surface area contributed by atoms with E-state index in [1.165, 1.54) is 0 Å². The summed E-state index contributed by atoms with van der Waals surface area (Å²) < 4.78 is 0. The maximum atomic E-state index is 8.48. The monoisotopic (exact) mass is 148 g/mol. The van der Waals surface area contributed by atoms with Crippen LogP contribution in [0.25, 0.3) is 0 Å². The highest BCUT2D eigenvalue weighted by Crippen LogP contribution is 2.13. The van der Waals surface area contributed by atoms with Crippen LogP contribution >= 0.6 is 0 Å². The summed E-state index contributed by atoms with van der Waals surface area (Å²) in [7, 11) is 0. The third kappa shape index (κ3) is 3.43. The molecule has 0 aromatic heterocycles. The van der Waals surface area contributed by atoms with Gasteiger partial charge in [0.15, 0.2) is 0 Å². The van der Waals surface area contributed by atoms with Crippen molar-refractivity contribution >= 4 is 0 Å². The molecule has 2 heteroatoms. The molecule has 0 N–H and O–H groups in total. The lowest BCUT2D eigenvalue weighted by Crippen LogP contribution is -1.91. The standard InChI is InChI=1S/C9H12N2/c1-7(2)4-8(3)9(5-10)6-11/h7H,4H2,1-3H3. The highest BCUT2D eigenvalue weighted by molar-refractivity contribution is 5.39. The third-order valence-electron chi connectivity index (χ3n) is 1.36. The Morgan fingerprint density at radius 3 is 2.00 bits per heavy atom. The van der Waals surface area contributed by atoms with Crippen LogP contribution in [-0.4, -0.2) is 0 Å². The SMILES string of the molecule is CC(CC(C)C)=C(C#N)C#N. The average Bonchev–Trinajstić information content (AvgIpc) is 1.88. The van der Waals surface area contributed by atoms with Crippen molar-refractivity contribution < 1.29 is 0 Å². The Balaban J connectivity index is 4.43. The van der Waals surface area contributed by atoms with Crippen molar-refractivity contribution in [1.29, 1.82) is 10.5 Å². The molecule has 0 aliphatic rings. The summed E-state index contributed by atoms with van der Waals surface area (Å²) in [5.74, 6) is 0.506. The van der Waals surface area contributed by atoms with Crippen molar-refractivity contribution in [2.24, 2.45) is 5.92 Å². The molecule has 0 atom stereocenters. The summed E-state index contributed by atoms with van der Waals surface area (Å²) in [6.45, 7) is 5.97. The van der Waals surface area contributed by atoms with E-state index >= 15 is 0 Å². The van der Waals surface area contributed by atoms with Crippen LogP contribution in [0.1, 0.15) is 27.2 Å². The van der Waals surface area contributed by atoms with Crippen LogP contribution in [0.4, 0.5) is 0 Å². The van der Waals surface area contributed by atoms with Crippen molar-refractivity contribution in [3.05, 3.63) is 11.1 Å². The fourth-order valence-electron chi connectivity index (χ4n) is 0.930. The van der Waals surface area contributed by atoms with Crippen molar-refractivity contribution in [3.8, 4) is 12.1 Å². The van der Waals surface area contributed by atoms with E-state index in [0.29, 0.717) is 5.92 Å². The number of nitrogens with zero attached hydrogens (tertiary/aromatic N) is 2.